The third kappa shape index (κ3) is 4.56. The fraction of sp³-hybridized carbons (Fsp3) is 0.429. The van der Waals surface area contributed by atoms with Crippen LogP contribution in [0.2, 0.25) is 0 Å². The molecule has 7 heteroatoms. The first-order chi connectivity index (χ1) is 9.65. The molecule has 0 fully saturated rings. The summed E-state index contributed by atoms with van der Waals surface area (Å²) in [7, 11) is -4.06. The molecule has 0 heterocycles. The van der Waals surface area contributed by atoms with Gasteiger partial charge in [0, 0.05) is 5.69 Å². The highest BCUT2D eigenvalue weighted by atomic mass is 32.2. The fourth-order valence-corrected chi connectivity index (χ4v) is 3.78. The summed E-state index contributed by atoms with van der Waals surface area (Å²) in [4.78, 5) is 22.9. The van der Waals surface area contributed by atoms with Crippen LogP contribution in [0.5, 0.6) is 0 Å². The summed E-state index contributed by atoms with van der Waals surface area (Å²) in [5.74, 6) is -3.64. The van der Waals surface area contributed by atoms with Crippen LogP contribution >= 0.6 is 0 Å². The molecule has 0 aromatic heterocycles. The topological polar surface area (TPSA) is 101 Å². The number of carbonyl (C=O) groups excluding carboxylic acids is 1. The standard InChI is InChI=1S/C14H19NO5S/c1-9(2)13(14(17)18)21(19,20)8-12(16)15-11-7-5-4-6-10(11)3/h4-7,9,13H,8H2,1-3H3,(H,15,16)(H,17,18). The highest BCUT2D eigenvalue weighted by molar-refractivity contribution is 7.93. The molecule has 0 aliphatic carbocycles. The zero-order chi connectivity index (χ0) is 16.2. The van der Waals surface area contributed by atoms with Gasteiger partial charge in [-0.3, -0.25) is 9.59 Å². The average Bonchev–Trinajstić information content (AvgIpc) is 2.29. The van der Waals surface area contributed by atoms with Gasteiger partial charge in [0.25, 0.3) is 0 Å². The molecule has 0 spiro atoms. The lowest BCUT2D eigenvalue weighted by Gasteiger charge is -2.16. The first-order valence-electron chi connectivity index (χ1n) is 6.45. The molecule has 0 radical (unpaired) electrons. The van der Waals surface area contributed by atoms with Crippen LogP contribution in [-0.2, 0) is 19.4 Å². The Labute approximate surface area is 124 Å². The van der Waals surface area contributed by atoms with Crippen molar-refractivity contribution in [2.45, 2.75) is 26.0 Å². The molecule has 0 aliphatic heterocycles. The molecule has 0 saturated carbocycles. The Bertz CT molecular complexity index is 637. The number of aliphatic carboxylic acids is 1. The Morgan fingerprint density at radius 1 is 1.24 bits per heavy atom. The summed E-state index contributed by atoms with van der Waals surface area (Å²) in [5, 5.41) is 9.92. The summed E-state index contributed by atoms with van der Waals surface area (Å²) < 4.78 is 24.1. The molecule has 1 unspecified atom stereocenters. The minimum absolute atomic E-state index is 0.508. The molecule has 6 nitrogen and oxygen atoms in total. The van der Waals surface area contributed by atoms with Gasteiger partial charge in [-0.15, -0.1) is 0 Å². The third-order valence-electron chi connectivity index (χ3n) is 2.99. The maximum atomic E-state index is 12.1. The minimum atomic E-state index is -4.06. The molecule has 2 N–H and O–H groups in total. The van der Waals surface area contributed by atoms with Gasteiger partial charge >= 0.3 is 5.97 Å². The van der Waals surface area contributed by atoms with Crippen molar-refractivity contribution in [3.8, 4) is 0 Å². The lowest BCUT2D eigenvalue weighted by molar-refractivity contribution is -0.137. The van der Waals surface area contributed by atoms with Crippen molar-refractivity contribution in [1.82, 2.24) is 0 Å². The van der Waals surface area contributed by atoms with Crippen LogP contribution in [0.15, 0.2) is 24.3 Å². The summed E-state index contributed by atoms with van der Waals surface area (Å²) >= 11 is 0. The van der Waals surface area contributed by atoms with E-state index in [9.17, 15) is 18.0 Å². The Balaban J connectivity index is 2.87. The number of aryl methyl sites for hydroxylation is 1. The second-order valence-electron chi connectivity index (χ2n) is 5.17. The third-order valence-corrected chi connectivity index (χ3v) is 5.17. The van der Waals surface area contributed by atoms with Crippen molar-refractivity contribution >= 4 is 27.4 Å². The smallest absolute Gasteiger partial charge is 0.322 e. The highest BCUT2D eigenvalue weighted by Gasteiger charge is 2.36. The van der Waals surface area contributed by atoms with Crippen LogP contribution in [0.1, 0.15) is 19.4 Å². The molecule has 1 rings (SSSR count). The Kier molecular flexibility index (Phi) is 5.48. The number of rotatable bonds is 6. The van der Waals surface area contributed by atoms with E-state index in [1.807, 2.05) is 0 Å². The minimum Gasteiger partial charge on any atom is -0.480 e. The monoisotopic (exact) mass is 313 g/mol. The van der Waals surface area contributed by atoms with Crippen LogP contribution in [0.3, 0.4) is 0 Å². The number of anilines is 1. The van der Waals surface area contributed by atoms with Crippen LogP contribution < -0.4 is 5.32 Å². The van der Waals surface area contributed by atoms with Gasteiger partial charge in [0.2, 0.25) is 5.91 Å². The molecular formula is C14H19NO5S. The molecule has 1 atom stereocenters. The molecule has 21 heavy (non-hydrogen) atoms. The van der Waals surface area contributed by atoms with Gasteiger partial charge in [-0.1, -0.05) is 32.0 Å². The van der Waals surface area contributed by atoms with E-state index in [1.165, 1.54) is 13.8 Å². The van der Waals surface area contributed by atoms with E-state index < -0.39 is 38.6 Å². The fourth-order valence-electron chi connectivity index (χ4n) is 2.03. The van der Waals surface area contributed by atoms with Gasteiger partial charge in [-0.2, -0.15) is 0 Å². The van der Waals surface area contributed by atoms with Crippen LogP contribution in [-0.4, -0.2) is 36.4 Å². The molecular weight excluding hydrogens is 294 g/mol. The zero-order valence-electron chi connectivity index (χ0n) is 12.2. The quantitative estimate of drug-likeness (QED) is 0.828. The van der Waals surface area contributed by atoms with Crippen molar-refractivity contribution in [3.63, 3.8) is 0 Å². The van der Waals surface area contributed by atoms with Crippen molar-refractivity contribution in [2.24, 2.45) is 5.92 Å². The maximum absolute atomic E-state index is 12.1. The number of nitrogens with one attached hydrogen (secondary N) is 1. The van der Waals surface area contributed by atoms with E-state index in [0.29, 0.717) is 5.69 Å². The number of hydrogen-bond acceptors (Lipinski definition) is 4. The van der Waals surface area contributed by atoms with Gasteiger partial charge in [0.05, 0.1) is 0 Å². The predicted octanol–water partition coefficient (Wildman–Crippen LogP) is 1.46. The number of carboxylic acids is 1. The number of sulfone groups is 1. The summed E-state index contributed by atoms with van der Waals surface area (Å²) in [6.45, 7) is 4.77. The van der Waals surface area contributed by atoms with E-state index in [2.05, 4.69) is 5.32 Å². The molecule has 0 saturated heterocycles. The van der Waals surface area contributed by atoms with Crippen molar-refractivity contribution in [1.29, 1.82) is 0 Å². The van der Waals surface area contributed by atoms with Gasteiger partial charge < -0.3 is 10.4 Å². The second kappa shape index (κ2) is 6.71. The lowest BCUT2D eigenvalue weighted by Crippen LogP contribution is -2.39. The number of carbonyl (C=O) groups is 2. The summed E-state index contributed by atoms with van der Waals surface area (Å²) in [6, 6.07) is 6.93. The van der Waals surface area contributed by atoms with Crippen molar-refractivity contribution in [2.75, 3.05) is 11.1 Å². The second-order valence-corrected chi connectivity index (χ2v) is 7.30. The number of carboxylic acid groups (broad SMARTS) is 1. The first kappa shape index (κ1) is 17.2. The SMILES string of the molecule is Cc1ccccc1NC(=O)CS(=O)(=O)C(C(=O)O)C(C)C. The zero-order valence-corrected chi connectivity index (χ0v) is 13.0. The van der Waals surface area contributed by atoms with Crippen molar-refractivity contribution in [3.05, 3.63) is 29.8 Å². The first-order valence-corrected chi connectivity index (χ1v) is 8.16. The summed E-state index contributed by atoms with van der Waals surface area (Å²) in [6.07, 6.45) is 0. The van der Waals surface area contributed by atoms with E-state index in [1.54, 1.807) is 31.2 Å². The summed E-state index contributed by atoms with van der Waals surface area (Å²) in [5.41, 5.74) is 1.30. The largest absolute Gasteiger partial charge is 0.480 e. The Hall–Kier alpha value is -1.89. The number of benzene rings is 1. The van der Waals surface area contributed by atoms with E-state index in [0.717, 1.165) is 5.56 Å². The van der Waals surface area contributed by atoms with Gasteiger partial charge in [-0.05, 0) is 24.5 Å². The van der Waals surface area contributed by atoms with Crippen molar-refractivity contribution < 1.29 is 23.1 Å². The molecule has 0 bridgehead atoms. The molecule has 1 amide bonds. The van der Waals surface area contributed by atoms with E-state index >= 15 is 0 Å². The average molecular weight is 313 g/mol. The molecule has 116 valence electrons. The maximum Gasteiger partial charge on any atom is 0.322 e. The van der Waals surface area contributed by atoms with Crippen LogP contribution in [0, 0.1) is 12.8 Å². The molecule has 0 aliphatic rings. The number of para-hydroxylation sites is 1. The highest BCUT2D eigenvalue weighted by Crippen LogP contribution is 2.16. The molecule has 1 aromatic carbocycles. The van der Waals surface area contributed by atoms with Gasteiger partial charge in [0.15, 0.2) is 15.1 Å². The van der Waals surface area contributed by atoms with Gasteiger partial charge in [-0.25, -0.2) is 8.42 Å². The van der Waals surface area contributed by atoms with Crippen LogP contribution in [0.25, 0.3) is 0 Å². The number of hydrogen-bond donors (Lipinski definition) is 2. The lowest BCUT2D eigenvalue weighted by atomic mass is 10.1. The van der Waals surface area contributed by atoms with E-state index in [-0.39, 0.29) is 0 Å². The van der Waals surface area contributed by atoms with E-state index in [4.69, 9.17) is 5.11 Å². The van der Waals surface area contributed by atoms with Gasteiger partial charge in [0.1, 0.15) is 5.75 Å². The normalized spacial score (nSPS) is 13.0. The Morgan fingerprint density at radius 3 is 2.29 bits per heavy atom. The molecule has 1 aromatic rings. The number of amides is 1. The Morgan fingerprint density at radius 2 is 1.81 bits per heavy atom. The van der Waals surface area contributed by atoms with Crippen LogP contribution in [0.4, 0.5) is 5.69 Å². The predicted molar refractivity (Wildman–Crippen MR) is 79.9 cm³/mol.